The van der Waals surface area contributed by atoms with E-state index in [0.29, 0.717) is 27.0 Å². The first-order valence-electron chi connectivity index (χ1n) is 8.04. The van der Waals surface area contributed by atoms with Crippen molar-refractivity contribution in [1.82, 2.24) is 9.55 Å². The maximum Gasteiger partial charge on any atom is 0.345 e. The van der Waals surface area contributed by atoms with Gasteiger partial charge < -0.3 is 4.42 Å². The molecule has 27 heavy (non-hydrogen) atoms. The molecule has 0 saturated carbocycles. The Balaban J connectivity index is 1.86. The molecule has 0 fully saturated rings. The number of imidazole rings is 1. The summed E-state index contributed by atoms with van der Waals surface area (Å²) in [6.45, 7) is 0. The Labute approximate surface area is 163 Å². The largest absolute Gasteiger partial charge is 0.422 e. The van der Waals surface area contributed by atoms with Crippen LogP contribution in [-0.2, 0) is 0 Å². The third-order valence-electron chi connectivity index (χ3n) is 3.96. The van der Waals surface area contributed by atoms with E-state index >= 15 is 0 Å². The van der Waals surface area contributed by atoms with Gasteiger partial charge in [-0.05, 0) is 36.4 Å². The number of nitriles is 1. The van der Waals surface area contributed by atoms with Crippen LogP contribution in [0.1, 0.15) is 0 Å². The number of halogens is 1. The van der Waals surface area contributed by atoms with E-state index in [9.17, 15) is 4.79 Å². The molecule has 132 valence electrons. The third-order valence-corrected chi connectivity index (χ3v) is 5.03. The molecule has 2 aromatic carbocycles. The van der Waals surface area contributed by atoms with Crippen LogP contribution in [0.15, 0.2) is 75.2 Å². The lowest BCUT2D eigenvalue weighted by atomic mass is 10.1. The van der Waals surface area contributed by atoms with E-state index in [0.717, 1.165) is 11.1 Å². The average molecular weight is 394 g/mol. The van der Waals surface area contributed by atoms with Gasteiger partial charge in [-0.25, -0.2) is 9.78 Å². The predicted octanol–water partition coefficient (Wildman–Crippen LogP) is 4.91. The summed E-state index contributed by atoms with van der Waals surface area (Å²) in [6.07, 6.45) is 1.77. The number of rotatable bonds is 4. The summed E-state index contributed by atoms with van der Waals surface area (Å²) < 4.78 is 7.25. The average Bonchev–Trinajstić information content (AvgIpc) is 3.10. The Kier molecular flexibility index (Phi) is 4.71. The monoisotopic (exact) mass is 393 g/mol. The summed E-state index contributed by atoms with van der Waals surface area (Å²) in [5.41, 5.74) is 1.78. The number of thioether (sulfide) groups is 1. The third kappa shape index (κ3) is 3.47. The number of nitrogens with zero attached hydrogens (tertiary/aromatic N) is 3. The van der Waals surface area contributed by atoms with Crippen molar-refractivity contribution in [1.29, 1.82) is 5.26 Å². The molecule has 4 aromatic rings. The molecule has 4 rings (SSSR count). The predicted molar refractivity (Wildman–Crippen MR) is 106 cm³/mol. The van der Waals surface area contributed by atoms with Crippen LogP contribution in [0.3, 0.4) is 0 Å². The molecule has 0 radical (unpaired) electrons. The minimum Gasteiger partial charge on any atom is -0.422 e. The van der Waals surface area contributed by atoms with Gasteiger partial charge in [0, 0.05) is 22.3 Å². The molecule has 0 saturated heterocycles. The Bertz CT molecular complexity index is 1220. The Morgan fingerprint density at radius 3 is 2.74 bits per heavy atom. The van der Waals surface area contributed by atoms with Crippen LogP contribution in [0.2, 0.25) is 5.02 Å². The van der Waals surface area contributed by atoms with Crippen molar-refractivity contribution < 1.29 is 4.42 Å². The van der Waals surface area contributed by atoms with Gasteiger partial charge in [0.25, 0.3) is 0 Å². The van der Waals surface area contributed by atoms with Crippen molar-refractivity contribution in [3.05, 3.63) is 76.2 Å². The van der Waals surface area contributed by atoms with Gasteiger partial charge in [0.1, 0.15) is 5.58 Å². The molecular formula is C20H12ClN3O2S. The highest BCUT2D eigenvalue weighted by molar-refractivity contribution is 7.99. The topological polar surface area (TPSA) is 71.8 Å². The zero-order chi connectivity index (χ0) is 18.8. The van der Waals surface area contributed by atoms with Crippen LogP contribution in [0.25, 0.3) is 27.9 Å². The molecule has 0 aliphatic carbocycles. The molecule has 0 bridgehead atoms. The van der Waals surface area contributed by atoms with E-state index in [2.05, 4.69) is 11.1 Å². The van der Waals surface area contributed by atoms with Crippen molar-refractivity contribution in [3.63, 3.8) is 0 Å². The number of hydrogen-bond donors (Lipinski definition) is 0. The SMILES string of the molecule is N#CCSc1nc(-c2cc3ccccc3oc2=O)cn1-c1ccc(Cl)cc1. The van der Waals surface area contributed by atoms with Crippen molar-refractivity contribution in [2.75, 3.05) is 5.75 Å². The molecule has 0 amide bonds. The number of hydrogen-bond acceptors (Lipinski definition) is 5. The van der Waals surface area contributed by atoms with E-state index in [4.69, 9.17) is 21.3 Å². The zero-order valence-corrected chi connectivity index (χ0v) is 15.5. The highest BCUT2D eigenvalue weighted by atomic mass is 35.5. The highest BCUT2D eigenvalue weighted by Gasteiger charge is 2.16. The van der Waals surface area contributed by atoms with Crippen LogP contribution in [0, 0.1) is 11.3 Å². The van der Waals surface area contributed by atoms with Gasteiger partial charge in [-0.2, -0.15) is 5.26 Å². The fourth-order valence-corrected chi connectivity index (χ4v) is 3.50. The van der Waals surface area contributed by atoms with Crippen molar-refractivity contribution >= 4 is 34.3 Å². The van der Waals surface area contributed by atoms with Gasteiger partial charge in [-0.3, -0.25) is 4.57 Å². The van der Waals surface area contributed by atoms with Gasteiger partial charge >= 0.3 is 5.63 Å². The fraction of sp³-hybridized carbons (Fsp3) is 0.0500. The van der Waals surface area contributed by atoms with E-state index in [1.165, 1.54) is 11.8 Å². The van der Waals surface area contributed by atoms with Crippen LogP contribution in [-0.4, -0.2) is 15.3 Å². The molecule has 2 heterocycles. The summed E-state index contributed by atoms with van der Waals surface area (Å²) in [6, 6.07) is 18.5. The first kappa shape index (κ1) is 17.4. The maximum atomic E-state index is 12.5. The minimum atomic E-state index is -0.453. The first-order chi connectivity index (χ1) is 13.2. The van der Waals surface area contributed by atoms with E-state index in [1.807, 2.05) is 34.9 Å². The Hall–Kier alpha value is -3.01. The Morgan fingerprint density at radius 2 is 1.96 bits per heavy atom. The Morgan fingerprint density at radius 1 is 1.19 bits per heavy atom. The van der Waals surface area contributed by atoms with Crippen molar-refractivity contribution in [2.24, 2.45) is 0 Å². The quantitative estimate of drug-likeness (QED) is 0.363. The van der Waals surface area contributed by atoms with Gasteiger partial charge in [-0.15, -0.1) is 0 Å². The van der Waals surface area contributed by atoms with Crippen molar-refractivity contribution in [3.8, 4) is 23.0 Å². The van der Waals surface area contributed by atoms with E-state index in [-0.39, 0.29) is 5.75 Å². The van der Waals surface area contributed by atoms with Crippen LogP contribution in [0.5, 0.6) is 0 Å². The fourth-order valence-electron chi connectivity index (χ4n) is 2.72. The van der Waals surface area contributed by atoms with Crippen LogP contribution in [0.4, 0.5) is 0 Å². The smallest absolute Gasteiger partial charge is 0.345 e. The molecule has 7 heteroatoms. The lowest BCUT2D eigenvalue weighted by Crippen LogP contribution is -2.02. The summed E-state index contributed by atoms with van der Waals surface area (Å²) in [4.78, 5) is 17.0. The lowest BCUT2D eigenvalue weighted by Gasteiger charge is -2.05. The number of para-hydroxylation sites is 1. The van der Waals surface area contributed by atoms with Gasteiger partial charge in [0.2, 0.25) is 0 Å². The molecule has 0 aliphatic heterocycles. The summed E-state index contributed by atoms with van der Waals surface area (Å²) in [5, 5.41) is 11.0. The second kappa shape index (κ2) is 7.31. The van der Waals surface area contributed by atoms with E-state index < -0.39 is 5.63 Å². The normalized spacial score (nSPS) is 10.8. The standard InChI is InChI=1S/C20H12ClN3O2S/c21-14-5-7-15(8-6-14)24-12-17(23-20(24)27-10-9-22)16-11-13-3-1-2-4-18(13)26-19(16)25/h1-8,11-12H,10H2. The molecule has 0 spiro atoms. The molecular weight excluding hydrogens is 382 g/mol. The van der Waals surface area contributed by atoms with Crippen LogP contribution >= 0.6 is 23.4 Å². The van der Waals surface area contributed by atoms with Crippen LogP contribution < -0.4 is 5.63 Å². The van der Waals surface area contributed by atoms with Crippen molar-refractivity contribution in [2.45, 2.75) is 5.16 Å². The summed E-state index contributed by atoms with van der Waals surface area (Å²) in [5.74, 6) is 0.246. The molecule has 0 unspecified atom stereocenters. The number of benzene rings is 2. The molecule has 0 atom stereocenters. The molecule has 5 nitrogen and oxygen atoms in total. The number of aromatic nitrogens is 2. The molecule has 0 N–H and O–H groups in total. The van der Waals surface area contributed by atoms with Gasteiger partial charge in [0.05, 0.1) is 23.1 Å². The van der Waals surface area contributed by atoms with Gasteiger partial charge in [0.15, 0.2) is 5.16 Å². The first-order valence-corrected chi connectivity index (χ1v) is 9.40. The lowest BCUT2D eigenvalue weighted by molar-refractivity contribution is 0.563. The van der Waals surface area contributed by atoms with E-state index in [1.54, 1.807) is 30.5 Å². The number of fused-ring (bicyclic) bond motifs is 1. The summed E-state index contributed by atoms with van der Waals surface area (Å²) >= 11 is 7.27. The van der Waals surface area contributed by atoms with Gasteiger partial charge in [-0.1, -0.05) is 41.6 Å². The minimum absolute atomic E-state index is 0.246. The zero-order valence-electron chi connectivity index (χ0n) is 13.9. The molecule has 0 aliphatic rings. The maximum absolute atomic E-state index is 12.5. The molecule has 2 aromatic heterocycles. The highest BCUT2D eigenvalue weighted by Crippen LogP contribution is 2.28. The second-order valence-electron chi connectivity index (χ2n) is 5.69. The second-order valence-corrected chi connectivity index (χ2v) is 7.07. The summed E-state index contributed by atoms with van der Waals surface area (Å²) in [7, 11) is 0.